The van der Waals surface area contributed by atoms with Crippen LogP contribution >= 0.6 is 15.6 Å². The highest BCUT2D eigenvalue weighted by molar-refractivity contribution is 7.47. The maximum absolute atomic E-state index is 13.1. The summed E-state index contributed by atoms with van der Waals surface area (Å²) in [5.41, 5.74) is 0. The number of hydrogen-bond acceptors (Lipinski definition) is 15. The van der Waals surface area contributed by atoms with Gasteiger partial charge in [0.1, 0.15) is 19.3 Å². The van der Waals surface area contributed by atoms with E-state index >= 15 is 0 Å². The van der Waals surface area contributed by atoms with E-state index in [1.54, 1.807) is 0 Å². The number of unbranched alkanes of at least 4 members (excludes halogenated alkanes) is 51. The van der Waals surface area contributed by atoms with Crippen LogP contribution in [-0.2, 0) is 65.4 Å². The Morgan fingerprint density at radius 1 is 0.283 bits per heavy atom. The van der Waals surface area contributed by atoms with Crippen molar-refractivity contribution >= 4 is 39.5 Å². The van der Waals surface area contributed by atoms with E-state index in [1.807, 2.05) is 0 Å². The first-order valence-electron chi connectivity index (χ1n) is 41.7. The van der Waals surface area contributed by atoms with Gasteiger partial charge in [0, 0.05) is 25.7 Å². The van der Waals surface area contributed by atoms with Gasteiger partial charge in [0.25, 0.3) is 0 Å². The Labute approximate surface area is 607 Å². The molecule has 588 valence electrons. The SMILES string of the molecule is CCCCCCCCCCCCCCCCCC(=O)OC[C@H](COP(=O)(O)OC[C@@H](O)COP(=O)(O)OC[C@@H](COC(=O)CCCCCCCCCCCCCC)OC(=O)CCCCCCCCCCCCCCCC)OC(=O)CCCCCCCCCCCCCCCCC(C)CC. The molecule has 19 heteroatoms. The molecule has 99 heavy (non-hydrogen) atoms. The van der Waals surface area contributed by atoms with Gasteiger partial charge in [0.15, 0.2) is 12.2 Å². The molecule has 6 atom stereocenters. The Hall–Kier alpha value is -1.94. The molecule has 0 bridgehead atoms. The maximum atomic E-state index is 13.1. The third-order valence-corrected chi connectivity index (χ3v) is 21.0. The highest BCUT2D eigenvalue weighted by Crippen LogP contribution is 2.45. The van der Waals surface area contributed by atoms with Crippen LogP contribution in [0.2, 0.25) is 0 Å². The molecule has 0 aromatic carbocycles. The number of hydrogen-bond donors (Lipinski definition) is 3. The minimum Gasteiger partial charge on any atom is -0.462 e. The summed E-state index contributed by atoms with van der Waals surface area (Å²) >= 11 is 0. The average Bonchev–Trinajstić information content (AvgIpc) is 0.988. The van der Waals surface area contributed by atoms with Crippen molar-refractivity contribution in [2.75, 3.05) is 39.6 Å². The van der Waals surface area contributed by atoms with Gasteiger partial charge in [-0.2, -0.15) is 0 Å². The van der Waals surface area contributed by atoms with Gasteiger partial charge < -0.3 is 33.8 Å². The van der Waals surface area contributed by atoms with Gasteiger partial charge in [0.2, 0.25) is 0 Å². The molecule has 0 aliphatic carbocycles. The molecule has 0 saturated heterocycles. The number of phosphoric ester groups is 2. The van der Waals surface area contributed by atoms with Gasteiger partial charge in [-0.1, -0.05) is 375 Å². The van der Waals surface area contributed by atoms with E-state index in [9.17, 15) is 43.2 Å². The van der Waals surface area contributed by atoms with Crippen molar-refractivity contribution in [1.29, 1.82) is 0 Å². The topological polar surface area (TPSA) is 237 Å². The fourth-order valence-electron chi connectivity index (χ4n) is 12.4. The van der Waals surface area contributed by atoms with Crippen LogP contribution < -0.4 is 0 Å². The summed E-state index contributed by atoms with van der Waals surface area (Å²) in [5.74, 6) is -1.26. The van der Waals surface area contributed by atoms with E-state index in [1.165, 1.54) is 250 Å². The Balaban J connectivity index is 5.26. The van der Waals surface area contributed by atoms with Gasteiger partial charge in [-0.05, 0) is 31.6 Å². The van der Waals surface area contributed by atoms with Crippen LogP contribution in [0.4, 0.5) is 0 Å². The van der Waals surface area contributed by atoms with Crippen LogP contribution in [0.5, 0.6) is 0 Å². The zero-order valence-electron chi connectivity index (χ0n) is 64.6. The van der Waals surface area contributed by atoms with E-state index in [-0.39, 0.29) is 25.7 Å². The number of phosphoric acid groups is 2. The quantitative estimate of drug-likeness (QED) is 0.0222. The van der Waals surface area contributed by atoms with Gasteiger partial charge in [-0.15, -0.1) is 0 Å². The first-order valence-corrected chi connectivity index (χ1v) is 44.7. The summed E-state index contributed by atoms with van der Waals surface area (Å²) in [5, 5.41) is 10.6. The van der Waals surface area contributed by atoms with Crippen LogP contribution in [0.3, 0.4) is 0 Å². The lowest BCUT2D eigenvalue weighted by atomic mass is 9.99. The molecule has 0 rings (SSSR count). The Bertz CT molecular complexity index is 1890. The van der Waals surface area contributed by atoms with E-state index < -0.39 is 97.5 Å². The zero-order chi connectivity index (χ0) is 72.7. The van der Waals surface area contributed by atoms with E-state index in [2.05, 4.69) is 34.6 Å². The molecule has 0 fully saturated rings. The van der Waals surface area contributed by atoms with Crippen molar-refractivity contribution in [2.24, 2.45) is 5.92 Å². The third kappa shape index (κ3) is 72.8. The highest BCUT2D eigenvalue weighted by atomic mass is 31.2. The number of carbonyl (C=O) groups excluding carboxylic acids is 4. The maximum Gasteiger partial charge on any atom is 0.472 e. The van der Waals surface area contributed by atoms with Crippen molar-refractivity contribution in [3.63, 3.8) is 0 Å². The minimum absolute atomic E-state index is 0.109. The minimum atomic E-state index is -4.96. The lowest BCUT2D eigenvalue weighted by Crippen LogP contribution is -2.30. The highest BCUT2D eigenvalue weighted by Gasteiger charge is 2.30. The Morgan fingerprint density at radius 2 is 0.485 bits per heavy atom. The summed E-state index contributed by atoms with van der Waals surface area (Å²) in [7, 11) is -9.92. The van der Waals surface area contributed by atoms with Gasteiger partial charge in [0.05, 0.1) is 26.4 Å². The zero-order valence-corrected chi connectivity index (χ0v) is 66.4. The molecule has 0 spiro atoms. The van der Waals surface area contributed by atoms with Gasteiger partial charge in [-0.3, -0.25) is 37.3 Å². The normalized spacial score (nSPS) is 14.1. The monoisotopic (exact) mass is 1450 g/mol. The van der Waals surface area contributed by atoms with Crippen LogP contribution in [0, 0.1) is 5.92 Å². The van der Waals surface area contributed by atoms with Crippen molar-refractivity contribution < 1.29 is 80.2 Å². The summed E-state index contributed by atoms with van der Waals surface area (Å²) in [6.07, 6.45) is 63.5. The largest absolute Gasteiger partial charge is 0.472 e. The molecular weight excluding hydrogens is 1290 g/mol. The molecule has 0 amide bonds. The second kappa shape index (κ2) is 73.0. The number of aliphatic hydroxyl groups excluding tert-OH is 1. The Kier molecular flexibility index (Phi) is 71.6. The summed E-state index contributed by atoms with van der Waals surface area (Å²) in [4.78, 5) is 73.0. The molecule has 0 aliphatic rings. The van der Waals surface area contributed by atoms with Crippen LogP contribution in [-0.4, -0.2) is 96.7 Å². The number of aliphatic hydroxyl groups is 1. The van der Waals surface area contributed by atoms with Crippen LogP contribution in [0.25, 0.3) is 0 Å². The lowest BCUT2D eigenvalue weighted by Gasteiger charge is -2.21. The first kappa shape index (κ1) is 97.1. The van der Waals surface area contributed by atoms with Crippen molar-refractivity contribution in [2.45, 2.75) is 445 Å². The van der Waals surface area contributed by atoms with Crippen LogP contribution in [0.15, 0.2) is 0 Å². The van der Waals surface area contributed by atoms with Gasteiger partial charge in [-0.25, -0.2) is 9.13 Å². The molecule has 3 unspecified atom stereocenters. The van der Waals surface area contributed by atoms with E-state index in [0.717, 1.165) is 95.8 Å². The second-order valence-corrected chi connectivity index (χ2v) is 32.0. The van der Waals surface area contributed by atoms with E-state index in [0.29, 0.717) is 25.7 Å². The number of carbonyl (C=O) groups is 4. The molecule has 17 nitrogen and oxygen atoms in total. The number of rotatable bonds is 80. The van der Waals surface area contributed by atoms with Gasteiger partial charge >= 0.3 is 39.5 Å². The number of esters is 4. The van der Waals surface area contributed by atoms with Crippen LogP contribution in [0.1, 0.15) is 426 Å². The summed E-state index contributed by atoms with van der Waals surface area (Å²) in [6, 6.07) is 0. The second-order valence-electron chi connectivity index (χ2n) is 29.1. The fraction of sp³-hybridized carbons (Fsp3) is 0.950. The van der Waals surface area contributed by atoms with Crippen molar-refractivity contribution in [3.8, 4) is 0 Å². The molecule has 3 N–H and O–H groups in total. The standard InChI is InChI=1S/C80H156O17P2/c1-6-10-13-16-19-22-25-28-30-35-39-44-49-54-59-64-78(83)91-70-76(97-80(85)66-61-56-51-46-41-36-32-31-33-37-42-47-52-57-62-73(5)9-4)72-95-99(88,89)93-68-74(81)67-92-98(86,87)94-71-75(69-90-77(82)63-58-53-48-43-38-27-24-21-18-15-12-8-3)96-79(84)65-60-55-50-45-40-34-29-26-23-20-17-14-11-7-2/h73-76,81H,6-72H2,1-5H3,(H,86,87)(H,88,89)/t73?,74-,75+,76+/m0/s1. The average molecular weight is 1450 g/mol. The molecule has 0 radical (unpaired) electrons. The molecule has 0 saturated carbocycles. The molecule has 0 aromatic heterocycles. The number of ether oxygens (including phenoxy) is 4. The first-order chi connectivity index (χ1) is 48.1. The fourth-order valence-corrected chi connectivity index (χ4v) is 14.0. The molecule has 0 aliphatic heterocycles. The predicted molar refractivity (Wildman–Crippen MR) is 405 cm³/mol. The summed E-state index contributed by atoms with van der Waals surface area (Å²) < 4.78 is 68.7. The van der Waals surface area contributed by atoms with E-state index in [4.69, 9.17) is 37.0 Å². The summed E-state index contributed by atoms with van der Waals surface area (Å²) in [6.45, 7) is 7.39. The van der Waals surface area contributed by atoms with Crippen molar-refractivity contribution in [3.05, 3.63) is 0 Å². The Morgan fingerprint density at radius 3 is 0.717 bits per heavy atom. The third-order valence-electron chi connectivity index (χ3n) is 19.1. The molecule has 0 aromatic rings. The smallest absolute Gasteiger partial charge is 0.462 e. The van der Waals surface area contributed by atoms with Crippen molar-refractivity contribution in [1.82, 2.24) is 0 Å². The predicted octanol–water partition coefficient (Wildman–Crippen LogP) is 24.0. The molecular formula is C80H156O17P2. The lowest BCUT2D eigenvalue weighted by molar-refractivity contribution is -0.161. The molecule has 0 heterocycles.